The van der Waals surface area contributed by atoms with E-state index >= 15 is 0 Å². The molecule has 2 heterocycles. The number of halogens is 1. The standard InChI is InChI=1S/C13H12BrNO3S2/c1-3-15(11-7-6-10(14)20-11)12(16)8-4-5-9(19-8)13(17)18-2/h4-7H,3H2,1-2H3. The Hall–Kier alpha value is -1.18. The highest BCUT2D eigenvalue weighted by Gasteiger charge is 2.21. The Morgan fingerprint density at radius 3 is 2.45 bits per heavy atom. The quantitative estimate of drug-likeness (QED) is 0.760. The summed E-state index contributed by atoms with van der Waals surface area (Å²) in [6, 6.07) is 7.07. The minimum atomic E-state index is -0.420. The molecule has 0 aliphatic carbocycles. The molecule has 1 amide bonds. The van der Waals surface area contributed by atoms with E-state index in [0.717, 1.165) is 20.1 Å². The number of carbonyl (C=O) groups is 2. The maximum Gasteiger partial charge on any atom is 0.348 e. The molecule has 0 saturated heterocycles. The molecule has 0 atom stereocenters. The van der Waals surface area contributed by atoms with Gasteiger partial charge in [0.15, 0.2) is 0 Å². The van der Waals surface area contributed by atoms with Crippen LogP contribution in [-0.2, 0) is 4.74 Å². The van der Waals surface area contributed by atoms with Crippen molar-refractivity contribution in [2.45, 2.75) is 6.92 Å². The summed E-state index contributed by atoms with van der Waals surface area (Å²) in [5.41, 5.74) is 0. The molecule has 0 fully saturated rings. The second-order valence-electron chi connectivity index (χ2n) is 3.78. The highest BCUT2D eigenvalue weighted by atomic mass is 79.9. The van der Waals surface area contributed by atoms with Gasteiger partial charge in [0.05, 0.1) is 20.8 Å². The molecular weight excluding hydrogens is 362 g/mol. The number of thiophene rings is 2. The van der Waals surface area contributed by atoms with Crippen LogP contribution < -0.4 is 4.90 Å². The van der Waals surface area contributed by atoms with Gasteiger partial charge >= 0.3 is 5.97 Å². The number of amides is 1. The van der Waals surface area contributed by atoms with Crippen molar-refractivity contribution >= 4 is 55.5 Å². The second-order valence-corrected chi connectivity index (χ2v) is 7.31. The monoisotopic (exact) mass is 373 g/mol. The Labute approximate surface area is 133 Å². The molecule has 7 heteroatoms. The van der Waals surface area contributed by atoms with Crippen LogP contribution in [0, 0.1) is 0 Å². The lowest BCUT2D eigenvalue weighted by Gasteiger charge is -2.17. The summed E-state index contributed by atoms with van der Waals surface area (Å²) in [5.74, 6) is -0.530. The molecule has 0 saturated carbocycles. The fourth-order valence-electron chi connectivity index (χ4n) is 1.65. The lowest BCUT2D eigenvalue weighted by atomic mass is 10.3. The number of methoxy groups -OCH3 is 1. The second kappa shape index (κ2) is 6.51. The van der Waals surface area contributed by atoms with Gasteiger partial charge in [-0.15, -0.1) is 22.7 Å². The number of anilines is 1. The fraction of sp³-hybridized carbons (Fsp3) is 0.231. The molecule has 0 aliphatic rings. The number of carbonyl (C=O) groups excluding carboxylic acids is 2. The highest BCUT2D eigenvalue weighted by Crippen LogP contribution is 2.31. The zero-order valence-corrected chi connectivity index (χ0v) is 14.1. The van der Waals surface area contributed by atoms with Crippen LogP contribution >= 0.6 is 38.6 Å². The van der Waals surface area contributed by atoms with Gasteiger partial charge in [-0.2, -0.15) is 0 Å². The highest BCUT2D eigenvalue weighted by molar-refractivity contribution is 9.11. The number of hydrogen-bond acceptors (Lipinski definition) is 5. The Bertz CT molecular complexity index is 635. The van der Waals surface area contributed by atoms with Gasteiger partial charge in [0.2, 0.25) is 0 Å². The van der Waals surface area contributed by atoms with Gasteiger partial charge in [0.1, 0.15) is 4.88 Å². The van der Waals surface area contributed by atoms with Crippen molar-refractivity contribution in [3.63, 3.8) is 0 Å². The Balaban J connectivity index is 2.25. The van der Waals surface area contributed by atoms with E-state index in [1.807, 2.05) is 19.1 Å². The van der Waals surface area contributed by atoms with Crippen molar-refractivity contribution in [3.8, 4) is 0 Å². The van der Waals surface area contributed by atoms with Crippen LogP contribution in [0.3, 0.4) is 0 Å². The van der Waals surface area contributed by atoms with Crippen molar-refractivity contribution in [3.05, 3.63) is 37.8 Å². The number of nitrogens with zero attached hydrogens (tertiary/aromatic N) is 1. The first-order valence-electron chi connectivity index (χ1n) is 5.82. The molecule has 2 aromatic heterocycles. The molecule has 0 N–H and O–H groups in total. The van der Waals surface area contributed by atoms with Crippen LogP contribution in [0.5, 0.6) is 0 Å². The van der Waals surface area contributed by atoms with E-state index in [4.69, 9.17) is 0 Å². The van der Waals surface area contributed by atoms with Gasteiger partial charge in [0, 0.05) is 6.54 Å². The van der Waals surface area contributed by atoms with Crippen molar-refractivity contribution in [2.24, 2.45) is 0 Å². The average molecular weight is 374 g/mol. The van der Waals surface area contributed by atoms with Crippen molar-refractivity contribution in [1.82, 2.24) is 0 Å². The summed E-state index contributed by atoms with van der Waals surface area (Å²) in [6.07, 6.45) is 0. The van der Waals surface area contributed by atoms with Crippen LogP contribution in [0.15, 0.2) is 28.1 Å². The molecule has 4 nitrogen and oxygen atoms in total. The van der Waals surface area contributed by atoms with E-state index in [1.54, 1.807) is 17.0 Å². The zero-order chi connectivity index (χ0) is 14.7. The molecule has 0 unspecified atom stereocenters. The van der Waals surface area contributed by atoms with Gasteiger partial charge in [-0.25, -0.2) is 4.79 Å². The van der Waals surface area contributed by atoms with Crippen LogP contribution in [0.1, 0.15) is 26.3 Å². The predicted octanol–water partition coefficient (Wildman–Crippen LogP) is 4.03. The van der Waals surface area contributed by atoms with E-state index in [0.29, 0.717) is 16.3 Å². The first kappa shape index (κ1) is 15.2. The molecule has 2 rings (SSSR count). The van der Waals surface area contributed by atoms with Crippen LogP contribution in [0.4, 0.5) is 5.00 Å². The van der Waals surface area contributed by atoms with Gasteiger partial charge in [-0.05, 0) is 47.1 Å². The molecule has 0 spiro atoms. The van der Waals surface area contributed by atoms with E-state index in [1.165, 1.54) is 18.4 Å². The SMILES string of the molecule is CCN(C(=O)c1ccc(C(=O)OC)s1)c1ccc(Br)s1. The van der Waals surface area contributed by atoms with E-state index in [2.05, 4.69) is 20.7 Å². The molecule has 0 radical (unpaired) electrons. The summed E-state index contributed by atoms with van der Waals surface area (Å²) in [4.78, 5) is 26.5. The van der Waals surface area contributed by atoms with Crippen LogP contribution in [0.25, 0.3) is 0 Å². The van der Waals surface area contributed by atoms with E-state index in [-0.39, 0.29) is 5.91 Å². The van der Waals surface area contributed by atoms with Gasteiger partial charge in [0.25, 0.3) is 5.91 Å². The lowest BCUT2D eigenvalue weighted by molar-refractivity contribution is 0.0606. The normalized spacial score (nSPS) is 10.3. The minimum Gasteiger partial charge on any atom is -0.465 e. The third-order valence-electron chi connectivity index (χ3n) is 2.59. The van der Waals surface area contributed by atoms with Gasteiger partial charge in [-0.3, -0.25) is 9.69 Å². The fourth-order valence-corrected chi connectivity index (χ4v) is 3.94. The summed E-state index contributed by atoms with van der Waals surface area (Å²) in [5, 5.41) is 0.873. The number of ether oxygens (including phenoxy) is 1. The van der Waals surface area contributed by atoms with E-state index in [9.17, 15) is 9.59 Å². The molecule has 0 aromatic carbocycles. The topological polar surface area (TPSA) is 46.6 Å². The van der Waals surface area contributed by atoms with Gasteiger partial charge in [-0.1, -0.05) is 0 Å². The summed E-state index contributed by atoms with van der Waals surface area (Å²) in [6.45, 7) is 2.48. The van der Waals surface area contributed by atoms with Crippen molar-refractivity contribution in [1.29, 1.82) is 0 Å². The number of esters is 1. The Morgan fingerprint density at radius 2 is 1.90 bits per heavy atom. The Morgan fingerprint density at radius 1 is 1.20 bits per heavy atom. The van der Waals surface area contributed by atoms with Gasteiger partial charge < -0.3 is 4.74 Å². The summed E-state index contributed by atoms with van der Waals surface area (Å²) < 4.78 is 5.62. The first-order chi connectivity index (χ1) is 9.56. The maximum atomic E-state index is 12.5. The predicted molar refractivity (Wildman–Crippen MR) is 85.0 cm³/mol. The smallest absolute Gasteiger partial charge is 0.348 e. The van der Waals surface area contributed by atoms with Crippen LogP contribution in [-0.4, -0.2) is 25.5 Å². The largest absolute Gasteiger partial charge is 0.465 e. The zero-order valence-electron chi connectivity index (χ0n) is 10.9. The number of hydrogen-bond donors (Lipinski definition) is 0. The van der Waals surface area contributed by atoms with E-state index < -0.39 is 5.97 Å². The van der Waals surface area contributed by atoms with Crippen LogP contribution in [0.2, 0.25) is 0 Å². The maximum absolute atomic E-state index is 12.5. The average Bonchev–Trinajstić information content (AvgIpc) is 3.08. The molecular formula is C13H12BrNO3S2. The molecule has 0 bridgehead atoms. The molecule has 106 valence electrons. The lowest BCUT2D eigenvalue weighted by Crippen LogP contribution is -2.29. The summed E-state index contributed by atoms with van der Waals surface area (Å²) in [7, 11) is 1.32. The summed E-state index contributed by atoms with van der Waals surface area (Å²) >= 11 is 6.03. The first-order valence-corrected chi connectivity index (χ1v) is 8.24. The minimum absolute atomic E-state index is 0.109. The third kappa shape index (κ3) is 3.11. The van der Waals surface area contributed by atoms with Crippen molar-refractivity contribution < 1.29 is 14.3 Å². The third-order valence-corrected chi connectivity index (χ3v) is 5.29. The van der Waals surface area contributed by atoms with Crippen molar-refractivity contribution in [2.75, 3.05) is 18.6 Å². The Kier molecular flexibility index (Phi) is 4.95. The molecule has 2 aromatic rings. The number of rotatable bonds is 4. The molecule has 20 heavy (non-hydrogen) atoms. The molecule has 0 aliphatic heterocycles.